The van der Waals surface area contributed by atoms with E-state index in [4.69, 9.17) is 0 Å². The van der Waals surface area contributed by atoms with E-state index in [0.29, 0.717) is 5.91 Å². The molecule has 1 rings (SSSR count). The Labute approximate surface area is 118 Å². The van der Waals surface area contributed by atoms with Crippen LogP contribution in [-0.2, 0) is 4.79 Å². The molecule has 112 valence electrons. The highest BCUT2D eigenvalue weighted by atomic mass is 16.2. The van der Waals surface area contributed by atoms with Crippen LogP contribution in [-0.4, -0.2) is 62.0 Å². The van der Waals surface area contributed by atoms with Gasteiger partial charge in [-0.05, 0) is 38.9 Å². The van der Waals surface area contributed by atoms with Gasteiger partial charge in [0, 0.05) is 26.7 Å². The van der Waals surface area contributed by atoms with E-state index in [9.17, 15) is 4.79 Å². The number of nitrogens with one attached hydrogen (secondary N) is 1. The van der Waals surface area contributed by atoms with Gasteiger partial charge in [0.15, 0.2) is 0 Å². The van der Waals surface area contributed by atoms with Crippen molar-refractivity contribution in [3.63, 3.8) is 0 Å². The highest BCUT2D eigenvalue weighted by Gasteiger charge is 2.33. The summed E-state index contributed by atoms with van der Waals surface area (Å²) < 4.78 is 0. The highest BCUT2D eigenvalue weighted by molar-refractivity contribution is 5.79. The lowest BCUT2D eigenvalue weighted by Gasteiger charge is -2.39. The topological polar surface area (TPSA) is 35.6 Å². The predicted molar refractivity (Wildman–Crippen MR) is 80.3 cm³/mol. The molecule has 1 saturated heterocycles. The number of hydrogen-bond donors (Lipinski definition) is 1. The average molecular weight is 269 g/mol. The Hall–Kier alpha value is -0.610. The number of amides is 1. The highest BCUT2D eigenvalue weighted by Crippen LogP contribution is 2.17. The van der Waals surface area contributed by atoms with Gasteiger partial charge in [0.25, 0.3) is 0 Å². The number of hydrogen-bond acceptors (Lipinski definition) is 3. The van der Waals surface area contributed by atoms with Crippen molar-refractivity contribution < 1.29 is 4.79 Å². The maximum Gasteiger partial charge on any atom is 0.228 e. The number of rotatable bonds is 10. The summed E-state index contributed by atoms with van der Waals surface area (Å²) in [4.78, 5) is 16.4. The summed E-state index contributed by atoms with van der Waals surface area (Å²) in [6, 6.07) is 0. The van der Waals surface area contributed by atoms with E-state index in [2.05, 4.69) is 24.1 Å². The van der Waals surface area contributed by atoms with E-state index < -0.39 is 0 Å². The molecule has 1 heterocycles. The number of carbonyl (C=O) groups is 1. The van der Waals surface area contributed by atoms with E-state index in [1.54, 1.807) is 0 Å². The fourth-order valence-corrected chi connectivity index (χ4v) is 2.60. The summed E-state index contributed by atoms with van der Waals surface area (Å²) in [7, 11) is 1.95. The summed E-state index contributed by atoms with van der Waals surface area (Å²) >= 11 is 0. The zero-order valence-corrected chi connectivity index (χ0v) is 13.0. The first-order valence-corrected chi connectivity index (χ1v) is 7.87. The molecule has 4 nitrogen and oxygen atoms in total. The molecule has 0 aromatic carbocycles. The molecule has 1 aliphatic heterocycles. The van der Waals surface area contributed by atoms with Gasteiger partial charge < -0.3 is 15.1 Å². The van der Waals surface area contributed by atoms with Crippen molar-refractivity contribution in [1.82, 2.24) is 15.1 Å². The Morgan fingerprint density at radius 1 is 1.26 bits per heavy atom. The van der Waals surface area contributed by atoms with Gasteiger partial charge in [0.2, 0.25) is 5.91 Å². The van der Waals surface area contributed by atoms with Crippen molar-refractivity contribution in [2.45, 2.75) is 39.5 Å². The lowest BCUT2D eigenvalue weighted by Crippen LogP contribution is -2.53. The second kappa shape index (κ2) is 9.32. The van der Waals surface area contributed by atoms with Gasteiger partial charge >= 0.3 is 0 Å². The molecule has 0 aromatic rings. The molecule has 1 amide bonds. The summed E-state index contributed by atoms with van der Waals surface area (Å²) in [5, 5.41) is 3.33. The van der Waals surface area contributed by atoms with Gasteiger partial charge in [-0.25, -0.2) is 0 Å². The fraction of sp³-hybridized carbons (Fsp3) is 0.933. The molecular formula is C15H31N3O. The van der Waals surface area contributed by atoms with Crippen LogP contribution in [0.2, 0.25) is 0 Å². The Morgan fingerprint density at radius 3 is 2.63 bits per heavy atom. The van der Waals surface area contributed by atoms with Crippen LogP contribution in [0.1, 0.15) is 39.5 Å². The smallest absolute Gasteiger partial charge is 0.228 e. The molecule has 0 saturated carbocycles. The molecule has 0 aromatic heterocycles. The number of carbonyl (C=O) groups excluding carboxylic acids is 1. The zero-order chi connectivity index (χ0) is 14.1. The first kappa shape index (κ1) is 16.4. The predicted octanol–water partition coefficient (Wildman–Crippen LogP) is 1.57. The van der Waals surface area contributed by atoms with Crippen LogP contribution in [0.3, 0.4) is 0 Å². The van der Waals surface area contributed by atoms with Crippen LogP contribution in [0, 0.1) is 5.92 Å². The third kappa shape index (κ3) is 5.91. The van der Waals surface area contributed by atoms with Gasteiger partial charge in [-0.3, -0.25) is 4.79 Å². The molecule has 0 unspecified atom stereocenters. The molecule has 1 fully saturated rings. The lowest BCUT2D eigenvalue weighted by atomic mass is 9.98. The van der Waals surface area contributed by atoms with E-state index in [1.165, 1.54) is 19.3 Å². The third-order valence-electron chi connectivity index (χ3n) is 3.82. The number of nitrogens with zero attached hydrogens (tertiary/aromatic N) is 2. The Balaban J connectivity index is 2.03. The van der Waals surface area contributed by atoms with Crippen molar-refractivity contribution in [2.75, 3.05) is 46.3 Å². The molecule has 0 bridgehead atoms. The van der Waals surface area contributed by atoms with Crippen LogP contribution in [0.5, 0.6) is 0 Å². The summed E-state index contributed by atoms with van der Waals surface area (Å²) in [6.45, 7) is 10.5. The van der Waals surface area contributed by atoms with E-state index in [1.807, 2.05) is 11.9 Å². The van der Waals surface area contributed by atoms with Crippen molar-refractivity contribution >= 4 is 5.91 Å². The molecule has 1 aliphatic rings. The first-order chi connectivity index (χ1) is 9.19. The van der Waals surface area contributed by atoms with Crippen LogP contribution in [0.15, 0.2) is 0 Å². The maximum atomic E-state index is 12.1. The van der Waals surface area contributed by atoms with Crippen LogP contribution in [0.25, 0.3) is 0 Å². The molecule has 19 heavy (non-hydrogen) atoms. The number of likely N-dealkylation sites (tertiary alicyclic amines) is 1. The first-order valence-electron chi connectivity index (χ1n) is 7.87. The average Bonchev–Trinajstić information content (AvgIpc) is 2.36. The van der Waals surface area contributed by atoms with Crippen molar-refractivity contribution in [3.8, 4) is 0 Å². The molecule has 1 N–H and O–H groups in total. The van der Waals surface area contributed by atoms with Crippen molar-refractivity contribution in [3.05, 3.63) is 0 Å². The van der Waals surface area contributed by atoms with Gasteiger partial charge in [-0.15, -0.1) is 0 Å². The summed E-state index contributed by atoms with van der Waals surface area (Å²) in [5.74, 6) is 0.609. The maximum absolute atomic E-state index is 12.1. The Kier molecular flexibility index (Phi) is 8.07. The second-order valence-corrected chi connectivity index (χ2v) is 5.63. The normalized spacial score (nSPS) is 16.4. The van der Waals surface area contributed by atoms with Crippen LogP contribution < -0.4 is 5.32 Å². The zero-order valence-electron chi connectivity index (χ0n) is 13.0. The lowest BCUT2D eigenvalue weighted by molar-refractivity contribution is -0.139. The SMILES string of the molecule is CCCN1CC(C(=O)N(C)CCCCCNCC)C1. The third-order valence-corrected chi connectivity index (χ3v) is 3.82. The molecule has 4 heteroatoms. The van der Waals surface area contributed by atoms with Gasteiger partial charge in [-0.1, -0.05) is 20.3 Å². The second-order valence-electron chi connectivity index (χ2n) is 5.63. The van der Waals surface area contributed by atoms with Crippen molar-refractivity contribution in [2.24, 2.45) is 5.92 Å². The van der Waals surface area contributed by atoms with E-state index >= 15 is 0 Å². The quantitative estimate of drug-likeness (QED) is 0.612. The molecule has 0 aliphatic carbocycles. The number of unbranched alkanes of at least 4 members (excludes halogenated alkanes) is 2. The minimum atomic E-state index is 0.262. The standard InChI is InChI=1S/C15H31N3O/c1-4-10-18-12-14(13-18)15(19)17(3)11-8-6-7-9-16-5-2/h14,16H,4-13H2,1-3H3. The van der Waals surface area contributed by atoms with E-state index in [-0.39, 0.29) is 5.92 Å². The molecule has 0 spiro atoms. The van der Waals surface area contributed by atoms with Crippen LogP contribution in [0.4, 0.5) is 0 Å². The van der Waals surface area contributed by atoms with Gasteiger partial charge in [0.1, 0.15) is 0 Å². The Morgan fingerprint density at radius 2 is 2.00 bits per heavy atom. The Bertz CT molecular complexity index is 252. The fourth-order valence-electron chi connectivity index (χ4n) is 2.60. The van der Waals surface area contributed by atoms with Crippen molar-refractivity contribution in [1.29, 1.82) is 0 Å². The van der Waals surface area contributed by atoms with E-state index in [0.717, 1.165) is 45.7 Å². The summed E-state index contributed by atoms with van der Waals surface area (Å²) in [6.07, 6.45) is 4.72. The van der Waals surface area contributed by atoms with Crippen LogP contribution >= 0.6 is 0 Å². The molecule has 0 radical (unpaired) electrons. The van der Waals surface area contributed by atoms with Gasteiger partial charge in [0.05, 0.1) is 5.92 Å². The minimum absolute atomic E-state index is 0.262. The summed E-state index contributed by atoms with van der Waals surface area (Å²) in [5.41, 5.74) is 0. The largest absolute Gasteiger partial charge is 0.345 e. The molecular weight excluding hydrogens is 238 g/mol. The monoisotopic (exact) mass is 269 g/mol. The van der Waals surface area contributed by atoms with Gasteiger partial charge in [-0.2, -0.15) is 0 Å². The minimum Gasteiger partial charge on any atom is -0.345 e. The molecule has 0 atom stereocenters.